The molecule has 4 N–H and O–H groups in total. The van der Waals surface area contributed by atoms with E-state index in [9.17, 15) is 10.5 Å². The molecule has 0 bridgehead atoms. The maximum atomic E-state index is 9.60. The molecule has 138 valence electrons. The molecular weight excluding hydrogens is 368 g/mol. The van der Waals surface area contributed by atoms with E-state index < -0.39 is 0 Å². The van der Waals surface area contributed by atoms with Crippen molar-refractivity contribution >= 4 is 21.6 Å². The van der Waals surface area contributed by atoms with Gasteiger partial charge in [0.25, 0.3) is 0 Å². The van der Waals surface area contributed by atoms with Gasteiger partial charge in [-0.25, -0.2) is 0 Å². The van der Waals surface area contributed by atoms with Crippen molar-refractivity contribution in [3.8, 4) is 12.1 Å². The minimum Gasteiger partial charge on any atom is -0.380 e. The van der Waals surface area contributed by atoms with Crippen LogP contribution in [0.1, 0.15) is 13.8 Å². The van der Waals surface area contributed by atoms with Crippen LogP contribution in [0.25, 0.3) is 0 Å². The highest BCUT2D eigenvalue weighted by Crippen LogP contribution is 2.35. The van der Waals surface area contributed by atoms with Gasteiger partial charge >= 0.3 is 0 Å². The highest BCUT2D eigenvalue weighted by molar-refractivity contribution is 8.77. The van der Waals surface area contributed by atoms with E-state index in [0.29, 0.717) is 13.2 Å². The second kappa shape index (κ2) is 9.98. The summed E-state index contributed by atoms with van der Waals surface area (Å²) in [4.78, 5) is 0. The third kappa shape index (κ3) is 5.01. The van der Waals surface area contributed by atoms with E-state index in [4.69, 9.17) is 9.47 Å². The zero-order valence-electron chi connectivity index (χ0n) is 15.4. The largest absolute Gasteiger partial charge is 0.380 e. The average Bonchev–Trinajstić information content (AvgIpc) is 2.60. The Kier molecular flexibility index (Phi) is 7.98. The van der Waals surface area contributed by atoms with Crippen LogP contribution in [0.2, 0.25) is 0 Å². The van der Waals surface area contributed by atoms with Crippen LogP contribution >= 0.6 is 21.6 Å². The molecule has 2 rings (SSSR count). The number of rotatable bonds is 7. The van der Waals surface area contributed by atoms with Crippen molar-refractivity contribution in [2.24, 2.45) is 0 Å². The van der Waals surface area contributed by atoms with Gasteiger partial charge in [-0.3, -0.25) is 0 Å². The van der Waals surface area contributed by atoms with E-state index in [1.165, 1.54) is 0 Å². The van der Waals surface area contributed by atoms with Crippen molar-refractivity contribution in [1.82, 2.24) is 0 Å². The Labute approximate surface area is 162 Å². The molecule has 0 aromatic carbocycles. The van der Waals surface area contributed by atoms with Crippen molar-refractivity contribution in [2.75, 3.05) is 27.4 Å². The van der Waals surface area contributed by atoms with Crippen LogP contribution in [0.15, 0.2) is 45.8 Å². The summed E-state index contributed by atoms with van der Waals surface area (Å²) in [6, 6.07) is 4.66. The normalized spacial score (nSPS) is 23.3. The summed E-state index contributed by atoms with van der Waals surface area (Å²) in [5.41, 5.74) is 5.53. The van der Waals surface area contributed by atoms with Crippen LogP contribution in [-0.2, 0) is 9.47 Å². The number of ether oxygens (including phenoxy) is 2. The monoisotopic (exact) mass is 392 g/mol. The number of nitrogens with two attached hydrogens (primary N) is 2. The van der Waals surface area contributed by atoms with Crippen LogP contribution in [0.5, 0.6) is 0 Å². The first-order valence-corrected chi connectivity index (χ1v) is 10.4. The molecule has 26 heavy (non-hydrogen) atoms. The first-order valence-electron chi connectivity index (χ1n) is 8.16. The van der Waals surface area contributed by atoms with Gasteiger partial charge in [-0.2, -0.15) is 10.5 Å². The summed E-state index contributed by atoms with van der Waals surface area (Å²) in [7, 11) is 6.49. The highest BCUT2D eigenvalue weighted by Gasteiger charge is 2.32. The molecule has 0 aromatic rings. The first-order chi connectivity index (χ1) is 12.5. The number of hydrogen-bond acceptors (Lipinski definition) is 6. The fraction of sp³-hybridized carbons (Fsp3) is 0.444. The molecule has 0 aliphatic carbocycles. The van der Waals surface area contributed by atoms with Gasteiger partial charge in [0.05, 0.1) is 13.2 Å². The van der Waals surface area contributed by atoms with Gasteiger partial charge in [-0.1, -0.05) is 0 Å². The third-order valence-electron chi connectivity index (χ3n) is 4.00. The second-order valence-corrected chi connectivity index (χ2v) is 8.67. The molecule has 0 saturated heterocycles. The topological polar surface area (TPSA) is 99.3 Å². The Morgan fingerprint density at radius 2 is 1.27 bits per heavy atom. The molecule has 0 fully saturated rings. The van der Waals surface area contributed by atoms with E-state index in [0.717, 1.165) is 33.7 Å². The zero-order chi connectivity index (χ0) is 19.1. The molecule has 0 amide bonds. The fourth-order valence-electron chi connectivity index (χ4n) is 2.90. The molecule has 2 aliphatic rings. The van der Waals surface area contributed by atoms with Crippen molar-refractivity contribution in [3.05, 3.63) is 45.8 Å². The number of hydrogen-bond donors (Lipinski definition) is 2. The van der Waals surface area contributed by atoms with Gasteiger partial charge in [0, 0.05) is 51.4 Å². The molecule has 2 heterocycles. The maximum absolute atomic E-state index is 9.60. The predicted molar refractivity (Wildman–Crippen MR) is 103 cm³/mol. The molecule has 0 aromatic heterocycles. The van der Waals surface area contributed by atoms with E-state index in [2.05, 4.69) is 22.8 Å². The van der Waals surface area contributed by atoms with E-state index in [-0.39, 0.29) is 10.7 Å². The van der Waals surface area contributed by atoms with Crippen molar-refractivity contribution < 1.29 is 20.1 Å². The Bertz CT molecular complexity index is 692. The lowest BCUT2D eigenvalue weighted by atomic mass is 10.1. The van der Waals surface area contributed by atoms with Gasteiger partial charge < -0.3 is 20.1 Å². The van der Waals surface area contributed by atoms with Gasteiger partial charge in [0.15, 0.2) is 10.7 Å². The number of allylic oxidation sites excluding steroid dienone is 2. The number of methoxy groups -OCH3 is 2. The summed E-state index contributed by atoms with van der Waals surface area (Å²) in [6.45, 7) is 4.90. The molecule has 2 aliphatic heterocycles. The quantitative estimate of drug-likeness (QED) is 0.625. The van der Waals surface area contributed by atoms with Gasteiger partial charge in [0.2, 0.25) is 0 Å². The van der Waals surface area contributed by atoms with Crippen molar-refractivity contribution in [3.63, 3.8) is 0 Å². The highest BCUT2D eigenvalue weighted by atomic mass is 33.1. The lowest BCUT2D eigenvalue weighted by Gasteiger charge is -2.24. The maximum Gasteiger partial charge on any atom is 0.183 e. The fourth-order valence-corrected chi connectivity index (χ4v) is 5.91. The van der Waals surface area contributed by atoms with Crippen molar-refractivity contribution in [2.45, 2.75) is 24.6 Å². The lowest BCUT2D eigenvalue weighted by Crippen LogP contribution is -2.89. The Hall–Kier alpha value is -1.52. The van der Waals surface area contributed by atoms with Crippen LogP contribution in [0.4, 0.5) is 0 Å². The summed E-state index contributed by atoms with van der Waals surface area (Å²) in [5, 5.41) is 23.3. The summed E-state index contributed by atoms with van der Waals surface area (Å²) in [6.07, 6.45) is 4.00. The molecule has 0 unspecified atom stereocenters. The summed E-state index contributed by atoms with van der Waals surface area (Å²) < 4.78 is 10.5. The van der Waals surface area contributed by atoms with Crippen LogP contribution in [-0.4, -0.2) is 38.2 Å². The molecule has 8 heteroatoms. The number of nitriles is 2. The summed E-state index contributed by atoms with van der Waals surface area (Å²) in [5.74, 6) is 0. The molecule has 0 saturated carbocycles. The molecule has 0 radical (unpaired) electrons. The van der Waals surface area contributed by atoms with Crippen LogP contribution in [0, 0.1) is 22.7 Å². The van der Waals surface area contributed by atoms with E-state index in [1.54, 1.807) is 35.8 Å². The molecule has 2 atom stereocenters. The van der Waals surface area contributed by atoms with Gasteiger partial charge in [-0.15, -0.1) is 0 Å². The zero-order valence-corrected chi connectivity index (χ0v) is 17.0. The smallest absolute Gasteiger partial charge is 0.183 e. The first kappa shape index (κ1) is 20.8. The molecule has 6 nitrogen and oxygen atoms in total. The van der Waals surface area contributed by atoms with Gasteiger partial charge in [-0.05, 0) is 21.6 Å². The third-order valence-corrected chi connectivity index (χ3v) is 6.84. The average molecular weight is 393 g/mol. The Morgan fingerprint density at radius 3 is 1.58 bits per heavy atom. The van der Waals surface area contributed by atoms with Crippen molar-refractivity contribution in [1.29, 1.82) is 10.5 Å². The second-order valence-electron chi connectivity index (χ2n) is 6.11. The molecule has 0 spiro atoms. The number of nitrogens with zero attached hydrogens (tertiary/aromatic N) is 2. The lowest BCUT2D eigenvalue weighted by molar-refractivity contribution is -0.614. The van der Waals surface area contributed by atoms with Crippen LogP contribution in [0.3, 0.4) is 0 Å². The predicted octanol–water partition coefficient (Wildman–Crippen LogP) is 0.915. The summed E-state index contributed by atoms with van der Waals surface area (Å²) >= 11 is 0. The van der Waals surface area contributed by atoms with E-state index >= 15 is 0 Å². The molecular formula is C18H24N4O2S2+2. The van der Waals surface area contributed by atoms with Crippen LogP contribution < -0.4 is 10.6 Å². The standard InChI is InChI=1S/C18H22N4O2S2/c1-11-5-13(9-23-3)15(7-19)17(21-11)25-26-18-16(8-20)14(10-24-4)6-12(2)22-18/h5-6,17-18,21-22H,9-10H2,1-4H3/p+2/t17-,18-/m0/s1. The van der Waals surface area contributed by atoms with Gasteiger partial charge in [0.1, 0.15) is 34.7 Å². The van der Waals surface area contributed by atoms with E-state index in [1.807, 2.05) is 26.0 Å². The number of quaternary nitrogens is 2. The minimum atomic E-state index is -0.0504. The Balaban J connectivity index is 2.17. The SMILES string of the molecule is COCC1=C(C#N)[C@H](SS[C@@H]2[NH2+]C(C)=CC(COC)=C2C#N)[NH2+]C(C)=C1. The Morgan fingerprint density at radius 1 is 0.885 bits per heavy atom. The minimum absolute atomic E-state index is 0.0504.